The van der Waals surface area contributed by atoms with Crippen LogP contribution in [0.2, 0.25) is 0 Å². The molecule has 0 unspecified atom stereocenters. The topological polar surface area (TPSA) is 37.8 Å². The molecule has 21 heavy (non-hydrogen) atoms. The molecule has 0 atom stereocenters. The average Bonchev–Trinajstić information content (AvgIpc) is 2.71. The van der Waals surface area contributed by atoms with Crippen molar-refractivity contribution in [3.63, 3.8) is 0 Å². The number of hydrogen-bond donors (Lipinski definition) is 1. The molecule has 0 fully saturated rings. The molecular formula is C15H19BrIN3S. The fourth-order valence-corrected chi connectivity index (χ4v) is 4.62. The average molecular weight is 480 g/mol. The van der Waals surface area contributed by atoms with Crippen molar-refractivity contribution in [2.75, 3.05) is 11.9 Å². The van der Waals surface area contributed by atoms with Gasteiger partial charge in [-0.2, -0.15) is 0 Å². The lowest BCUT2D eigenvalue weighted by Crippen LogP contribution is -2.18. The van der Waals surface area contributed by atoms with Crippen molar-refractivity contribution in [3.05, 3.63) is 24.7 Å². The first-order valence-electron chi connectivity index (χ1n) is 6.82. The Hall–Kier alpha value is -0.210. The van der Waals surface area contributed by atoms with Crippen molar-refractivity contribution < 1.29 is 0 Å². The maximum absolute atomic E-state index is 4.84. The summed E-state index contributed by atoms with van der Waals surface area (Å²) in [7, 11) is 0. The summed E-state index contributed by atoms with van der Waals surface area (Å²) in [5.74, 6) is 1.73. The van der Waals surface area contributed by atoms with Gasteiger partial charge in [-0.05, 0) is 58.4 Å². The second-order valence-electron chi connectivity index (χ2n) is 5.85. The third-order valence-electron chi connectivity index (χ3n) is 2.98. The van der Waals surface area contributed by atoms with Crippen LogP contribution >= 0.6 is 49.9 Å². The van der Waals surface area contributed by atoms with Gasteiger partial charge >= 0.3 is 0 Å². The Morgan fingerprint density at radius 3 is 2.48 bits per heavy atom. The van der Waals surface area contributed by atoms with Gasteiger partial charge in [-0.15, -0.1) is 11.3 Å². The summed E-state index contributed by atoms with van der Waals surface area (Å²) in [6.45, 7) is 11.6. The van der Waals surface area contributed by atoms with Crippen molar-refractivity contribution in [1.82, 2.24) is 9.97 Å². The minimum absolute atomic E-state index is 0.0120. The molecule has 3 nitrogen and oxygen atoms in total. The van der Waals surface area contributed by atoms with Gasteiger partial charge in [-0.25, -0.2) is 9.97 Å². The molecule has 0 aromatic carbocycles. The summed E-state index contributed by atoms with van der Waals surface area (Å²) < 4.78 is 2.23. The Labute approximate surface area is 152 Å². The third-order valence-corrected chi connectivity index (χ3v) is 6.14. The van der Waals surface area contributed by atoms with Crippen molar-refractivity contribution in [3.8, 4) is 10.7 Å². The highest BCUT2D eigenvalue weighted by atomic mass is 127. The molecule has 1 N–H and O–H groups in total. The molecule has 2 heterocycles. The number of thiophene rings is 1. The van der Waals surface area contributed by atoms with E-state index in [4.69, 9.17) is 9.97 Å². The number of hydrogen-bond acceptors (Lipinski definition) is 4. The number of rotatable bonds is 3. The Morgan fingerprint density at radius 2 is 2.00 bits per heavy atom. The number of nitrogens with zero attached hydrogens (tertiary/aromatic N) is 2. The summed E-state index contributed by atoms with van der Waals surface area (Å²) in [6, 6.07) is 2.10. The number of halogens is 2. The van der Waals surface area contributed by atoms with E-state index in [-0.39, 0.29) is 5.41 Å². The Morgan fingerprint density at radius 1 is 1.33 bits per heavy atom. The lowest BCUT2D eigenvalue weighted by Gasteiger charge is -2.21. The second-order valence-corrected chi connectivity index (χ2v) is 9.04. The van der Waals surface area contributed by atoms with Crippen LogP contribution in [0.4, 0.5) is 5.82 Å². The largest absolute Gasteiger partial charge is 0.369 e. The summed E-state index contributed by atoms with van der Waals surface area (Å²) in [4.78, 5) is 11.9. The van der Waals surface area contributed by atoms with Crippen molar-refractivity contribution in [2.45, 2.75) is 40.0 Å². The van der Waals surface area contributed by atoms with Crippen LogP contribution in [0.25, 0.3) is 10.7 Å². The van der Waals surface area contributed by atoms with E-state index in [1.165, 1.54) is 4.88 Å². The Kier molecular flexibility index (Phi) is 5.31. The lowest BCUT2D eigenvalue weighted by atomic mass is 9.92. The Bertz CT molecular complexity index is 642. The van der Waals surface area contributed by atoms with E-state index in [1.807, 2.05) is 0 Å². The first kappa shape index (κ1) is 17.1. The summed E-state index contributed by atoms with van der Waals surface area (Å²) in [5, 5.41) is 3.35. The van der Waals surface area contributed by atoms with Gasteiger partial charge in [0.25, 0.3) is 0 Å². The van der Waals surface area contributed by atoms with E-state index < -0.39 is 0 Å². The molecule has 0 aliphatic rings. The van der Waals surface area contributed by atoms with Gasteiger partial charge in [0, 0.05) is 21.3 Å². The highest BCUT2D eigenvalue weighted by molar-refractivity contribution is 14.1. The molecule has 0 aliphatic carbocycles. The monoisotopic (exact) mass is 479 g/mol. The first-order chi connectivity index (χ1) is 9.74. The van der Waals surface area contributed by atoms with Crippen molar-refractivity contribution >= 4 is 55.7 Å². The van der Waals surface area contributed by atoms with Gasteiger partial charge in [0.15, 0.2) is 5.82 Å². The third kappa shape index (κ3) is 3.76. The van der Waals surface area contributed by atoms with Crippen molar-refractivity contribution in [2.24, 2.45) is 0 Å². The minimum Gasteiger partial charge on any atom is -0.369 e. The molecule has 2 aromatic heterocycles. The molecule has 0 radical (unpaired) electrons. The summed E-state index contributed by atoms with van der Waals surface area (Å²) in [5.41, 5.74) is 1.08. The SMILES string of the molecule is CCNc1nc(-c2cc(Br)c(C)s2)nc(C(C)(C)C)c1I. The Balaban J connectivity index is 2.64. The van der Waals surface area contributed by atoms with Crippen LogP contribution in [-0.2, 0) is 5.41 Å². The molecule has 0 aliphatic heterocycles. The van der Waals surface area contributed by atoms with Gasteiger partial charge in [0.05, 0.1) is 14.1 Å². The fraction of sp³-hybridized carbons (Fsp3) is 0.467. The van der Waals surface area contributed by atoms with E-state index >= 15 is 0 Å². The van der Waals surface area contributed by atoms with Gasteiger partial charge in [0.1, 0.15) is 5.82 Å². The molecule has 0 bridgehead atoms. The smallest absolute Gasteiger partial charge is 0.172 e. The van der Waals surface area contributed by atoms with Gasteiger partial charge < -0.3 is 5.32 Å². The number of aromatic nitrogens is 2. The molecule has 114 valence electrons. The highest BCUT2D eigenvalue weighted by Gasteiger charge is 2.24. The summed E-state index contributed by atoms with van der Waals surface area (Å²) >= 11 is 7.63. The fourth-order valence-electron chi connectivity index (χ4n) is 1.91. The normalized spacial score (nSPS) is 11.8. The maximum atomic E-state index is 4.84. The van der Waals surface area contributed by atoms with E-state index in [2.05, 4.69) is 84.5 Å². The maximum Gasteiger partial charge on any atom is 0.172 e. The van der Waals surface area contributed by atoms with Crippen LogP contribution in [-0.4, -0.2) is 16.5 Å². The van der Waals surface area contributed by atoms with Crippen LogP contribution in [0.5, 0.6) is 0 Å². The lowest BCUT2D eigenvalue weighted by molar-refractivity contribution is 0.564. The zero-order valence-corrected chi connectivity index (χ0v) is 17.4. The second kappa shape index (κ2) is 6.50. The van der Waals surface area contributed by atoms with Crippen molar-refractivity contribution in [1.29, 1.82) is 0 Å². The summed E-state index contributed by atoms with van der Waals surface area (Å²) in [6.07, 6.45) is 0. The zero-order chi connectivity index (χ0) is 15.8. The van der Waals surface area contributed by atoms with Gasteiger partial charge in [-0.1, -0.05) is 20.8 Å². The highest BCUT2D eigenvalue weighted by Crippen LogP contribution is 2.36. The van der Waals surface area contributed by atoms with Crippen LogP contribution in [0.3, 0.4) is 0 Å². The molecule has 0 saturated carbocycles. The van der Waals surface area contributed by atoms with Gasteiger partial charge in [0.2, 0.25) is 0 Å². The molecule has 0 amide bonds. The van der Waals surface area contributed by atoms with E-state index in [0.29, 0.717) is 0 Å². The molecular weight excluding hydrogens is 461 g/mol. The minimum atomic E-state index is -0.0120. The number of nitrogens with one attached hydrogen (secondary N) is 1. The predicted octanol–water partition coefficient (Wildman–Crippen LogP) is 5.61. The van der Waals surface area contributed by atoms with Crippen LogP contribution in [0, 0.1) is 10.5 Å². The molecule has 2 aromatic rings. The van der Waals surface area contributed by atoms with Crippen LogP contribution < -0.4 is 5.32 Å². The van der Waals surface area contributed by atoms with E-state index in [1.54, 1.807) is 11.3 Å². The number of aryl methyl sites for hydroxylation is 1. The van der Waals surface area contributed by atoms with Gasteiger partial charge in [-0.3, -0.25) is 0 Å². The first-order valence-corrected chi connectivity index (χ1v) is 9.51. The predicted molar refractivity (Wildman–Crippen MR) is 103 cm³/mol. The van der Waals surface area contributed by atoms with E-state index in [0.717, 1.165) is 36.8 Å². The molecule has 0 saturated heterocycles. The van der Waals surface area contributed by atoms with Crippen LogP contribution in [0.15, 0.2) is 10.5 Å². The molecule has 6 heteroatoms. The number of anilines is 1. The zero-order valence-electron chi connectivity index (χ0n) is 12.8. The van der Waals surface area contributed by atoms with Crippen LogP contribution in [0.1, 0.15) is 38.3 Å². The van der Waals surface area contributed by atoms with E-state index in [9.17, 15) is 0 Å². The molecule has 2 rings (SSSR count). The standard InChI is InChI=1S/C15H19BrIN3S/c1-6-18-14-11(17)12(15(3,4)5)19-13(20-14)10-7-9(16)8(2)21-10/h7H,6H2,1-5H3,(H,18,19,20). The quantitative estimate of drug-likeness (QED) is 0.581. The molecule has 0 spiro atoms.